The van der Waals surface area contributed by atoms with Gasteiger partial charge in [-0.3, -0.25) is 9.59 Å². The number of carbonyl (C=O) groups is 2. The summed E-state index contributed by atoms with van der Waals surface area (Å²) >= 11 is 1.57. The molecule has 6 heteroatoms. The summed E-state index contributed by atoms with van der Waals surface area (Å²) in [7, 11) is 0. The Bertz CT molecular complexity index is 760. The van der Waals surface area contributed by atoms with Gasteiger partial charge in [-0.2, -0.15) is 0 Å². The summed E-state index contributed by atoms with van der Waals surface area (Å²) in [6.45, 7) is 0. The number of benzene rings is 1. The van der Waals surface area contributed by atoms with Gasteiger partial charge in [-0.15, -0.1) is 11.3 Å². The lowest BCUT2D eigenvalue weighted by Gasteiger charge is -2.24. The fourth-order valence-electron chi connectivity index (χ4n) is 3.24. The Hall–Kier alpha value is -2.21. The average Bonchev–Trinajstić information content (AvgIpc) is 2.96. The molecule has 1 unspecified atom stereocenters. The molecule has 0 fully saturated rings. The first-order valence-electron chi connectivity index (χ1n) is 7.89. The highest BCUT2D eigenvalue weighted by molar-refractivity contribution is 7.15. The minimum Gasteiger partial charge on any atom is -0.326 e. The second kappa shape index (κ2) is 5.77. The zero-order chi connectivity index (χ0) is 15.8. The van der Waals surface area contributed by atoms with E-state index in [1.807, 2.05) is 24.3 Å². The molecule has 2 aromatic rings. The van der Waals surface area contributed by atoms with Crippen molar-refractivity contribution in [2.24, 2.45) is 0 Å². The zero-order valence-electron chi connectivity index (χ0n) is 12.6. The number of hydrogen-bond acceptors (Lipinski definition) is 4. The summed E-state index contributed by atoms with van der Waals surface area (Å²) in [4.78, 5) is 30.3. The van der Waals surface area contributed by atoms with Crippen LogP contribution in [-0.2, 0) is 22.4 Å². The number of fused-ring (bicyclic) bond motifs is 2. The molecule has 0 saturated heterocycles. The smallest absolute Gasteiger partial charge is 0.234 e. The third-order valence-corrected chi connectivity index (χ3v) is 5.46. The minimum atomic E-state index is -0.458. The van der Waals surface area contributed by atoms with Crippen molar-refractivity contribution in [2.45, 2.75) is 38.0 Å². The molecule has 2 amide bonds. The van der Waals surface area contributed by atoms with E-state index in [0.717, 1.165) is 29.8 Å². The number of amides is 2. The number of rotatable bonds is 2. The Morgan fingerprint density at radius 3 is 2.96 bits per heavy atom. The predicted octanol–water partition coefficient (Wildman–Crippen LogP) is 3.09. The SMILES string of the molecule is O=C1CC(C(=O)Nc2nc3c(s2)CCCC3)c2ccccc2N1. The van der Waals surface area contributed by atoms with E-state index in [2.05, 4.69) is 15.6 Å². The second-order valence-electron chi connectivity index (χ2n) is 5.98. The van der Waals surface area contributed by atoms with Crippen molar-refractivity contribution in [2.75, 3.05) is 10.6 Å². The molecule has 2 heterocycles. The van der Waals surface area contributed by atoms with Crippen LogP contribution in [0.3, 0.4) is 0 Å². The van der Waals surface area contributed by atoms with Gasteiger partial charge in [-0.25, -0.2) is 4.98 Å². The van der Waals surface area contributed by atoms with E-state index in [9.17, 15) is 9.59 Å². The Balaban J connectivity index is 1.57. The molecule has 2 N–H and O–H groups in total. The van der Waals surface area contributed by atoms with Crippen molar-refractivity contribution in [3.8, 4) is 0 Å². The Morgan fingerprint density at radius 1 is 1.26 bits per heavy atom. The Kier molecular flexibility index (Phi) is 3.61. The van der Waals surface area contributed by atoms with Gasteiger partial charge in [-0.05, 0) is 37.3 Å². The van der Waals surface area contributed by atoms with Crippen LogP contribution >= 0.6 is 11.3 Å². The Morgan fingerprint density at radius 2 is 2.09 bits per heavy atom. The molecule has 23 heavy (non-hydrogen) atoms. The lowest BCUT2D eigenvalue weighted by Crippen LogP contribution is -2.30. The number of carbonyl (C=O) groups excluding carboxylic acids is 2. The molecule has 2 aliphatic rings. The van der Waals surface area contributed by atoms with Crippen LogP contribution in [-0.4, -0.2) is 16.8 Å². The summed E-state index contributed by atoms with van der Waals surface area (Å²) in [6.07, 6.45) is 4.58. The highest BCUT2D eigenvalue weighted by Gasteiger charge is 2.31. The molecule has 5 nitrogen and oxygen atoms in total. The fourth-order valence-corrected chi connectivity index (χ4v) is 4.30. The number of anilines is 2. The first-order chi connectivity index (χ1) is 11.2. The highest BCUT2D eigenvalue weighted by Crippen LogP contribution is 2.34. The molecule has 4 rings (SSSR count). The van der Waals surface area contributed by atoms with E-state index < -0.39 is 5.92 Å². The van der Waals surface area contributed by atoms with Gasteiger partial charge >= 0.3 is 0 Å². The monoisotopic (exact) mass is 327 g/mol. The number of thiazole rings is 1. The van der Waals surface area contributed by atoms with Crippen molar-refractivity contribution >= 4 is 34.0 Å². The number of para-hydroxylation sites is 1. The van der Waals surface area contributed by atoms with Crippen molar-refractivity contribution in [1.29, 1.82) is 0 Å². The molecule has 118 valence electrons. The molecule has 1 aliphatic heterocycles. The summed E-state index contributed by atoms with van der Waals surface area (Å²) in [5.74, 6) is -0.735. The van der Waals surface area contributed by atoms with Gasteiger partial charge in [0.25, 0.3) is 0 Å². The third kappa shape index (κ3) is 2.74. The number of aryl methyl sites for hydroxylation is 2. The van der Waals surface area contributed by atoms with Crippen LogP contribution in [0, 0.1) is 0 Å². The molecule has 1 aromatic heterocycles. The summed E-state index contributed by atoms with van der Waals surface area (Å²) in [5.41, 5.74) is 2.71. The van der Waals surface area contributed by atoms with E-state index in [0.29, 0.717) is 5.13 Å². The number of aromatic nitrogens is 1. The van der Waals surface area contributed by atoms with Crippen LogP contribution in [0.2, 0.25) is 0 Å². The first kappa shape index (κ1) is 14.4. The van der Waals surface area contributed by atoms with Crippen LogP contribution in [0.4, 0.5) is 10.8 Å². The summed E-state index contributed by atoms with van der Waals surface area (Å²) in [5, 5.41) is 6.39. The molecule has 1 aromatic carbocycles. The van der Waals surface area contributed by atoms with Gasteiger partial charge in [0.05, 0.1) is 11.6 Å². The van der Waals surface area contributed by atoms with E-state index >= 15 is 0 Å². The lowest BCUT2D eigenvalue weighted by atomic mass is 9.90. The highest BCUT2D eigenvalue weighted by atomic mass is 32.1. The number of nitrogens with one attached hydrogen (secondary N) is 2. The molecule has 1 aliphatic carbocycles. The van der Waals surface area contributed by atoms with Crippen molar-refractivity contribution in [3.63, 3.8) is 0 Å². The maximum Gasteiger partial charge on any atom is 0.234 e. The van der Waals surface area contributed by atoms with E-state index in [-0.39, 0.29) is 18.2 Å². The van der Waals surface area contributed by atoms with E-state index in [1.54, 1.807) is 11.3 Å². The minimum absolute atomic E-state index is 0.123. The third-order valence-electron chi connectivity index (χ3n) is 4.39. The quantitative estimate of drug-likeness (QED) is 0.890. The van der Waals surface area contributed by atoms with Crippen LogP contribution in [0.15, 0.2) is 24.3 Å². The predicted molar refractivity (Wildman–Crippen MR) is 89.8 cm³/mol. The summed E-state index contributed by atoms with van der Waals surface area (Å²) in [6, 6.07) is 7.47. The van der Waals surface area contributed by atoms with Crippen LogP contribution in [0.1, 0.15) is 41.3 Å². The maximum absolute atomic E-state index is 12.7. The van der Waals surface area contributed by atoms with Gasteiger partial charge in [0.15, 0.2) is 5.13 Å². The second-order valence-corrected chi connectivity index (χ2v) is 7.06. The van der Waals surface area contributed by atoms with E-state index in [4.69, 9.17) is 0 Å². The van der Waals surface area contributed by atoms with Gasteiger partial charge in [0, 0.05) is 17.0 Å². The lowest BCUT2D eigenvalue weighted by molar-refractivity contribution is -0.123. The molecule has 1 atom stereocenters. The topological polar surface area (TPSA) is 71.1 Å². The van der Waals surface area contributed by atoms with Crippen LogP contribution in [0.5, 0.6) is 0 Å². The van der Waals surface area contributed by atoms with Crippen molar-refractivity contribution in [1.82, 2.24) is 4.98 Å². The van der Waals surface area contributed by atoms with Crippen molar-refractivity contribution < 1.29 is 9.59 Å². The van der Waals surface area contributed by atoms with Gasteiger partial charge in [0.1, 0.15) is 0 Å². The van der Waals surface area contributed by atoms with Gasteiger partial charge in [0.2, 0.25) is 11.8 Å². The summed E-state index contributed by atoms with van der Waals surface area (Å²) < 4.78 is 0. The normalized spacial score (nSPS) is 19.5. The van der Waals surface area contributed by atoms with Crippen LogP contribution < -0.4 is 10.6 Å². The van der Waals surface area contributed by atoms with Gasteiger partial charge in [-0.1, -0.05) is 18.2 Å². The number of hydrogen-bond donors (Lipinski definition) is 2. The van der Waals surface area contributed by atoms with E-state index in [1.165, 1.54) is 17.7 Å². The Labute approximate surface area is 138 Å². The molecular weight excluding hydrogens is 310 g/mol. The van der Waals surface area contributed by atoms with Crippen LogP contribution in [0.25, 0.3) is 0 Å². The molecule has 0 spiro atoms. The molecule has 0 saturated carbocycles. The number of nitrogens with zero attached hydrogens (tertiary/aromatic N) is 1. The van der Waals surface area contributed by atoms with Gasteiger partial charge < -0.3 is 10.6 Å². The average molecular weight is 327 g/mol. The molecular formula is C17H17N3O2S. The zero-order valence-corrected chi connectivity index (χ0v) is 13.4. The maximum atomic E-state index is 12.7. The largest absolute Gasteiger partial charge is 0.326 e. The molecule has 0 bridgehead atoms. The standard InChI is InChI=1S/C17H17N3O2S/c21-15-9-11(10-5-1-2-6-12(10)18-15)16(22)20-17-19-13-7-3-4-8-14(13)23-17/h1-2,5-6,11H,3-4,7-9H2,(H,18,21)(H,19,20,22). The fraction of sp³-hybridized carbons (Fsp3) is 0.353. The van der Waals surface area contributed by atoms with Crippen molar-refractivity contribution in [3.05, 3.63) is 40.4 Å². The molecule has 0 radical (unpaired) electrons. The first-order valence-corrected chi connectivity index (χ1v) is 8.70.